The van der Waals surface area contributed by atoms with Crippen LogP contribution in [-0.2, 0) is 0 Å². The van der Waals surface area contributed by atoms with Gasteiger partial charge < -0.3 is 10.2 Å². The zero-order chi connectivity index (χ0) is 18.0. The average Bonchev–Trinajstić information content (AvgIpc) is 2.60. The number of piperazine rings is 1. The van der Waals surface area contributed by atoms with Crippen molar-refractivity contribution in [3.05, 3.63) is 44.9 Å². The summed E-state index contributed by atoms with van der Waals surface area (Å²) in [6.07, 6.45) is 1.48. The fourth-order valence-electron chi connectivity index (χ4n) is 3.00. The maximum atomic E-state index is 12.4. The molecule has 1 N–H and O–H groups in total. The van der Waals surface area contributed by atoms with Gasteiger partial charge in [0.2, 0.25) is 5.82 Å². The Labute approximate surface area is 145 Å². The van der Waals surface area contributed by atoms with E-state index < -0.39 is 16.2 Å². The summed E-state index contributed by atoms with van der Waals surface area (Å²) in [5.41, 5.74) is -0.813. The standard InChI is InChI=1S/C16H22N6O3/c1-12(20-9-7-19(2)8-10-20)11-17-15-14(22(24)25)16(23)21-6-4-3-5-13(21)18-15/h3-6,12,17H,7-11H2,1-2H3/t12-/m0/s1. The largest absolute Gasteiger partial charge is 0.376 e. The van der Waals surface area contributed by atoms with Crippen molar-refractivity contribution in [3.8, 4) is 0 Å². The van der Waals surface area contributed by atoms with E-state index in [2.05, 4.69) is 34.1 Å². The van der Waals surface area contributed by atoms with E-state index >= 15 is 0 Å². The van der Waals surface area contributed by atoms with Gasteiger partial charge in [-0.1, -0.05) is 6.07 Å². The second kappa shape index (κ2) is 7.16. The molecular formula is C16H22N6O3. The Hall–Kier alpha value is -2.52. The van der Waals surface area contributed by atoms with Crippen LogP contribution in [0.1, 0.15) is 6.92 Å². The third-order valence-electron chi connectivity index (χ3n) is 4.62. The number of aromatic nitrogens is 2. The van der Waals surface area contributed by atoms with Gasteiger partial charge in [0.15, 0.2) is 0 Å². The van der Waals surface area contributed by atoms with Crippen LogP contribution >= 0.6 is 0 Å². The number of likely N-dealkylation sites (N-methyl/N-ethyl adjacent to an activating group) is 1. The molecule has 0 bridgehead atoms. The number of hydrogen-bond acceptors (Lipinski definition) is 7. The van der Waals surface area contributed by atoms with E-state index in [1.165, 1.54) is 10.6 Å². The molecule has 0 aromatic carbocycles. The summed E-state index contributed by atoms with van der Waals surface area (Å²) in [5, 5.41) is 14.4. The molecule has 1 aliphatic heterocycles. The molecule has 1 aliphatic rings. The lowest BCUT2D eigenvalue weighted by Gasteiger charge is -2.36. The van der Waals surface area contributed by atoms with E-state index in [1.54, 1.807) is 18.2 Å². The van der Waals surface area contributed by atoms with Gasteiger partial charge in [-0.15, -0.1) is 0 Å². The second-order valence-electron chi connectivity index (χ2n) is 6.37. The van der Waals surface area contributed by atoms with Crippen LogP contribution in [0.3, 0.4) is 0 Å². The first kappa shape index (κ1) is 17.3. The minimum Gasteiger partial charge on any atom is -0.363 e. The summed E-state index contributed by atoms with van der Waals surface area (Å²) in [6, 6.07) is 5.22. The number of nitrogens with one attached hydrogen (secondary N) is 1. The molecule has 1 atom stereocenters. The first-order valence-corrected chi connectivity index (χ1v) is 8.29. The molecule has 9 heteroatoms. The number of hydrogen-bond donors (Lipinski definition) is 1. The number of nitrogens with zero attached hydrogens (tertiary/aromatic N) is 5. The monoisotopic (exact) mass is 346 g/mol. The average molecular weight is 346 g/mol. The lowest BCUT2D eigenvalue weighted by atomic mass is 10.2. The molecule has 1 fully saturated rings. The smallest absolute Gasteiger partial charge is 0.363 e. The van der Waals surface area contributed by atoms with Gasteiger partial charge in [-0.25, -0.2) is 4.98 Å². The summed E-state index contributed by atoms with van der Waals surface area (Å²) >= 11 is 0. The highest BCUT2D eigenvalue weighted by atomic mass is 16.6. The third-order valence-corrected chi connectivity index (χ3v) is 4.62. The Morgan fingerprint density at radius 3 is 2.72 bits per heavy atom. The highest BCUT2D eigenvalue weighted by Crippen LogP contribution is 2.18. The van der Waals surface area contributed by atoms with E-state index in [0.29, 0.717) is 12.2 Å². The summed E-state index contributed by atoms with van der Waals surface area (Å²) in [4.78, 5) is 32.0. The summed E-state index contributed by atoms with van der Waals surface area (Å²) in [6.45, 7) is 6.46. The predicted molar refractivity (Wildman–Crippen MR) is 95.1 cm³/mol. The van der Waals surface area contributed by atoms with Gasteiger partial charge in [0, 0.05) is 45.0 Å². The summed E-state index contributed by atoms with van der Waals surface area (Å²) in [5.74, 6) is 0.0298. The minimum atomic E-state index is -0.676. The van der Waals surface area contributed by atoms with E-state index in [4.69, 9.17) is 0 Å². The molecule has 0 amide bonds. The van der Waals surface area contributed by atoms with Crippen LogP contribution in [0.4, 0.5) is 11.5 Å². The molecule has 25 heavy (non-hydrogen) atoms. The molecule has 2 aromatic heterocycles. The quantitative estimate of drug-likeness (QED) is 0.627. The maximum absolute atomic E-state index is 12.4. The van der Waals surface area contributed by atoms with Crippen LogP contribution in [0.15, 0.2) is 29.2 Å². The van der Waals surface area contributed by atoms with E-state index in [0.717, 1.165) is 26.2 Å². The first-order chi connectivity index (χ1) is 12.0. The van der Waals surface area contributed by atoms with Crippen LogP contribution in [0, 0.1) is 10.1 Å². The van der Waals surface area contributed by atoms with Crippen molar-refractivity contribution >= 4 is 17.2 Å². The Balaban J connectivity index is 1.82. The van der Waals surface area contributed by atoms with Gasteiger partial charge in [-0.05, 0) is 26.1 Å². The number of anilines is 1. The van der Waals surface area contributed by atoms with Crippen molar-refractivity contribution in [1.29, 1.82) is 0 Å². The molecule has 1 saturated heterocycles. The van der Waals surface area contributed by atoms with Crippen LogP contribution in [0.2, 0.25) is 0 Å². The zero-order valence-corrected chi connectivity index (χ0v) is 14.4. The fraction of sp³-hybridized carbons (Fsp3) is 0.500. The molecule has 0 unspecified atom stereocenters. The fourth-order valence-corrected chi connectivity index (χ4v) is 3.00. The molecular weight excluding hydrogens is 324 g/mol. The van der Waals surface area contributed by atoms with Gasteiger partial charge >= 0.3 is 11.2 Å². The van der Waals surface area contributed by atoms with Gasteiger partial charge in [0.05, 0.1) is 4.92 Å². The van der Waals surface area contributed by atoms with Gasteiger partial charge in [0.25, 0.3) is 0 Å². The Morgan fingerprint density at radius 2 is 2.04 bits per heavy atom. The van der Waals surface area contributed by atoms with Crippen molar-refractivity contribution < 1.29 is 4.92 Å². The molecule has 0 spiro atoms. The number of nitro groups is 1. The van der Waals surface area contributed by atoms with Crippen molar-refractivity contribution in [2.45, 2.75) is 13.0 Å². The highest BCUT2D eigenvalue weighted by Gasteiger charge is 2.25. The zero-order valence-electron chi connectivity index (χ0n) is 14.4. The summed E-state index contributed by atoms with van der Waals surface area (Å²) in [7, 11) is 2.09. The van der Waals surface area contributed by atoms with Crippen LogP contribution in [-0.4, -0.2) is 69.9 Å². The van der Waals surface area contributed by atoms with Gasteiger partial charge in [-0.2, -0.15) is 0 Å². The van der Waals surface area contributed by atoms with Crippen molar-refractivity contribution in [1.82, 2.24) is 19.2 Å². The lowest BCUT2D eigenvalue weighted by Crippen LogP contribution is -2.50. The van der Waals surface area contributed by atoms with E-state index in [1.807, 2.05) is 0 Å². The molecule has 0 saturated carbocycles. The molecule has 0 radical (unpaired) electrons. The van der Waals surface area contributed by atoms with Crippen LogP contribution in [0.25, 0.3) is 5.65 Å². The van der Waals surface area contributed by atoms with Crippen molar-refractivity contribution in [2.24, 2.45) is 0 Å². The van der Waals surface area contributed by atoms with Crippen molar-refractivity contribution in [2.75, 3.05) is 45.1 Å². The molecule has 2 aromatic rings. The van der Waals surface area contributed by atoms with Crippen LogP contribution in [0.5, 0.6) is 0 Å². The Bertz CT molecular complexity index is 828. The normalized spacial score (nSPS) is 17.5. The number of fused-ring (bicyclic) bond motifs is 1. The molecule has 0 aliphatic carbocycles. The predicted octanol–water partition coefficient (Wildman–Crippen LogP) is 0.651. The minimum absolute atomic E-state index is 0.0298. The molecule has 3 heterocycles. The highest BCUT2D eigenvalue weighted by molar-refractivity contribution is 5.59. The topological polar surface area (TPSA) is 96.0 Å². The van der Waals surface area contributed by atoms with Crippen molar-refractivity contribution in [3.63, 3.8) is 0 Å². The number of rotatable bonds is 5. The SMILES string of the molecule is C[C@@H](CNc1nc2ccccn2c(=O)c1[N+](=O)[O-])N1CCN(C)CC1. The summed E-state index contributed by atoms with van der Waals surface area (Å²) < 4.78 is 1.19. The molecule has 134 valence electrons. The van der Waals surface area contributed by atoms with Crippen LogP contribution < -0.4 is 10.9 Å². The maximum Gasteiger partial charge on any atom is 0.376 e. The molecule has 3 rings (SSSR count). The number of pyridine rings is 1. The van der Waals surface area contributed by atoms with E-state index in [9.17, 15) is 14.9 Å². The molecule has 9 nitrogen and oxygen atoms in total. The first-order valence-electron chi connectivity index (χ1n) is 8.29. The Morgan fingerprint density at radius 1 is 1.32 bits per heavy atom. The third kappa shape index (κ3) is 3.62. The van der Waals surface area contributed by atoms with E-state index in [-0.39, 0.29) is 11.9 Å². The second-order valence-corrected chi connectivity index (χ2v) is 6.37. The van der Waals surface area contributed by atoms with Gasteiger partial charge in [0.1, 0.15) is 5.65 Å². The Kier molecular flexibility index (Phi) is 4.95. The van der Waals surface area contributed by atoms with Gasteiger partial charge in [-0.3, -0.25) is 24.2 Å². The lowest BCUT2D eigenvalue weighted by molar-refractivity contribution is -0.385.